The highest BCUT2D eigenvalue weighted by Crippen LogP contribution is 2.20. The minimum absolute atomic E-state index is 0.0577. The number of carbonyl (C=O) groups excluding carboxylic acids is 1. The molecule has 7 heteroatoms. The summed E-state index contributed by atoms with van der Waals surface area (Å²) in [7, 11) is -3.94. The maximum Gasteiger partial charge on any atom is 0.243 e. The molecule has 0 radical (unpaired) electrons. The van der Waals surface area contributed by atoms with Crippen LogP contribution in [0.2, 0.25) is 0 Å². The zero-order valence-corrected chi connectivity index (χ0v) is 17.6. The van der Waals surface area contributed by atoms with Crippen molar-refractivity contribution in [2.75, 3.05) is 11.9 Å². The molecule has 0 bridgehead atoms. The third kappa shape index (κ3) is 5.52. The number of amides is 1. The summed E-state index contributed by atoms with van der Waals surface area (Å²) in [5.41, 5.74) is 3.14. The van der Waals surface area contributed by atoms with Crippen LogP contribution in [0.25, 0.3) is 0 Å². The fraction of sp³-hybridized carbons (Fsp3) is 0.174. The molecule has 1 N–H and O–H groups in total. The molecule has 0 heterocycles. The predicted octanol–water partition coefficient (Wildman–Crippen LogP) is 4.27. The monoisotopic (exact) mass is 426 g/mol. The molecule has 3 rings (SSSR count). The third-order valence-corrected chi connectivity index (χ3v) is 6.39. The van der Waals surface area contributed by atoms with Crippen molar-refractivity contribution >= 4 is 21.6 Å². The Balaban J connectivity index is 1.86. The second-order valence-corrected chi connectivity index (χ2v) is 9.06. The van der Waals surface area contributed by atoms with E-state index in [2.05, 4.69) is 5.32 Å². The molecule has 3 aromatic rings. The van der Waals surface area contributed by atoms with Crippen LogP contribution in [0.3, 0.4) is 0 Å². The molecule has 3 aromatic carbocycles. The quantitative estimate of drug-likeness (QED) is 0.614. The number of sulfonamides is 1. The van der Waals surface area contributed by atoms with E-state index in [1.54, 1.807) is 24.3 Å². The summed E-state index contributed by atoms with van der Waals surface area (Å²) in [6, 6.07) is 19.2. The molecule has 1 amide bonds. The molecule has 0 aliphatic heterocycles. The standard InChI is InChI=1S/C23H23FN2O3S/c1-17-3-11-21(12-4-17)25-23(27)16-26(15-19-7-9-20(24)10-8-19)30(28,29)22-13-5-18(2)6-14-22/h3-14H,15-16H2,1-2H3,(H,25,27). The molecule has 0 unspecified atom stereocenters. The van der Waals surface area contributed by atoms with Crippen molar-refractivity contribution in [3.05, 3.63) is 95.3 Å². The topological polar surface area (TPSA) is 66.5 Å². The second-order valence-electron chi connectivity index (χ2n) is 7.13. The number of hydrogen-bond donors (Lipinski definition) is 1. The molecule has 0 fully saturated rings. The number of halogens is 1. The molecule has 0 aromatic heterocycles. The van der Waals surface area contributed by atoms with E-state index in [1.165, 1.54) is 36.4 Å². The van der Waals surface area contributed by atoms with Gasteiger partial charge in [0.15, 0.2) is 0 Å². The molecule has 0 aliphatic carbocycles. The number of benzene rings is 3. The first-order valence-corrected chi connectivity index (χ1v) is 10.9. The lowest BCUT2D eigenvalue weighted by Gasteiger charge is -2.22. The Kier molecular flexibility index (Phi) is 6.64. The van der Waals surface area contributed by atoms with Gasteiger partial charge in [-0.3, -0.25) is 4.79 Å². The molecular weight excluding hydrogens is 403 g/mol. The summed E-state index contributed by atoms with van der Waals surface area (Å²) < 4.78 is 40.8. The van der Waals surface area contributed by atoms with Gasteiger partial charge in [-0.05, 0) is 55.8 Å². The van der Waals surface area contributed by atoms with Crippen LogP contribution < -0.4 is 5.32 Å². The number of anilines is 1. The van der Waals surface area contributed by atoms with Crippen molar-refractivity contribution in [2.45, 2.75) is 25.3 Å². The zero-order valence-electron chi connectivity index (χ0n) is 16.8. The molecule has 0 spiro atoms. The highest BCUT2D eigenvalue weighted by Gasteiger charge is 2.27. The Labute approximate surface area is 176 Å². The smallest absolute Gasteiger partial charge is 0.243 e. The van der Waals surface area contributed by atoms with Gasteiger partial charge in [0.2, 0.25) is 15.9 Å². The van der Waals surface area contributed by atoms with Gasteiger partial charge in [0, 0.05) is 12.2 Å². The van der Waals surface area contributed by atoms with E-state index in [1.807, 2.05) is 26.0 Å². The Morgan fingerprint density at radius 3 is 1.97 bits per heavy atom. The summed E-state index contributed by atoms with van der Waals surface area (Å²) in [5.74, 6) is -0.875. The van der Waals surface area contributed by atoms with Gasteiger partial charge in [0.25, 0.3) is 0 Å². The van der Waals surface area contributed by atoms with E-state index in [9.17, 15) is 17.6 Å². The molecule has 30 heavy (non-hydrogen) atoms. The number of hydrogen-bond acceptors (Lipinski definition) is 3. The Bertz CT molecular complexity index is 1110. The van der Waals surface area contributed by atoms with E-state index in [0.717, 1.165) is 15.4 Å². The number of carbonyl (C=O) groups is 1. The van der Waals surface area contributed by atoms with Crippen LogP contribution in [-0.4, -0.2) is 25.2 Å². The Morgan fingerprint density at radius 1 is 0.867 bits per heavy atom. The fourth-order valence-corrected chi connectivity index (χ4v) is 4.26. The summed E-state index contributed by atoms with van der Waals surface area (Å²) >= 11 is 0. The minimum atomic E-state index is -3.94. The van der Waals surface area contributed by atoms with Crippen LogP contribution in [0.4, 0.5) is 10.1 Å². The zero-order chi connectivity index (χ0) is 21.7. The average Bonchev–Trinajstić information content (AvgIpc) is 2.71. The van der Waals surface area contributed by atoms with Gasteiger partial charge in [0.1, 0.15) is 5.82 Å². The highest BCUT2D eigenvalue weighted by molar-refractivity contribution is 7.89. The molecule has 0 saturated carbocycles. The molecule has 156 valence electrons. The Hall–Kier alpha value is -3.03. The first kappa shape index (κ1) is 21.7. The number of aryl methyl sites for hydroxylation is 2. The fourth-order valence-electron chi connectivity index (χ4n) is 2.88. The maximum atomic E-state index is 13.2. The van der Waals surface area contributed by atoms with E-state index < -0.39 is 21.7 Å². The van der Waals surface area contributed by atoms with Gasteiger partial charge in [0.05, 0.1) is 11.4 Å². The van der Waals surface area contributed by atoms with Crippen LogP contribution in [0.1, 0.15) is 16.7 Å². The normalized spacial score (nSPS) is 11.5. The van der Waals surface area contributed by atoms with Gasteiger partial charge in [-0.15, -0.1) is 0 Å². The molecule has 0 saturated heterocycles. The maximum absolute atomic E-state index is 13.2. The van der Waals surface area contributed by atoms with E-state index in [0.29, 0.717) is 11.3 Å². The van der Waals surface area contributed by atoms with Crippen molar-refractivity contribution in [1.29, 1.82) is 0 Å². The van der Waals surface area contributed by atoms with Gasteiger partial charge in [-0.2, -0.15) is 4.31 Å². The lowest BCUT2D eigenvalue weighted by Crippen LogP contribution is -2.37. The summed E-state index contributed by atoms with van der Waals surface area (Å²) in [6.45, 7) is 3.37. The number of rotatable bonds is 7. The largest absolute Gasteiger partial charge is 0.325 e. The number of nitrogens with zero attached hydrogens (tertiary/aromatic N) is 1. The van der Waals surface area contributed by atoms with Crippen molar-refractivity contribution in [1.82, 2.24) is 4.31 Å². The van der Waals surface area contributed by atoms with Crippen LogP contribution in [-0.2, 0) is 21.4 Å². The second kappa shape index (κ2) is 9.19. The summed E-state index contributed by atoms with van der Waals surface area (Å²) in [5, 5.41) is 2.72. The lowest BCUT2D eigenvalue weighted by atomic mass is 10.2. The van der Waals surface area contributed by atoms with Crippen molar-refractivity contribution in [2.24, 2.45) is 0 Å². The lowest BCUT2D eigenvalue weighted by molar-refractivity contribution is -0.116. The first-order chi connectivity index (χ1) is 14.2. The molecule has 5 nitrogen and oxygen atoms in total. The third-order valence-electron chi connectivity index (χ3n) is 4.59. The van der Waals surface area contributed by atoms with E-state index in [4.69, 9.17) is 0 Å². The molecular formula is C23H23FN2O3S. The van der Waals surface area contributed by atoms with Gasteiger partial charge in [-0.1, -0.05) is 47.5 Å². The predicted molar refractivity (Wildman–Crippen MR) is 115 cm³/mol. The van der Waals surface area contributed by atoms with Gasteiger partial charge in [-0.25, -0.2) is 12.8 Å². The average molecular weight is 427 g/mol. The van der Waals surface area contributed by atoms with Gasteiger partial charge >= 0.3 is 0 Å². The highest BCUT2D eigenvalue weighted by atomic mass is 32.2. The first-order valence-electron chi connectivity index (χ1n) is 9.42. The molecule has 0 atom stereocenters. The Morgan fingerprint density at radius 2 is 1.40 bits per heavy atom. The van der Waals surface area contributed by atoms with Crippen LogP contribution in [0.15, 0.2) is 77.7 Å². The SMILES string of the molecule is Cc1ccc(NC(=O)CN(Cc2ccc(F)cc2)S(=O)(=O)c2ccc(C)cc2)cc1. The van der Waals surface area contributed by atoms with Gasteiger partial charge < -0.3 is 5.32 Å². The van der Waals surface area contributed by atoms with E-state index >= 15 is 0 Å². The van der Waals surface area contributed by atoms with Crippen LogP contribution >= 0.6 is 0 Å². The van der Waals surface area contributed by atoms with Crippen LogP contribution in [0.5, 0.6) is 0 Å². The minimum Gasteiger partial charge on any atom is -0.325 e. The summed E-state index contributed by atoms with van der Waals surface area (Å²) in [6.07, 6.45) is 0. The van der Waals surface area contributed by atoms with Crippen molar-refractivity contribution in [3.8, 4) is 0 Å². The van der Waals surface area contributed by atoms with Crippen LogP contribution in [0, 0.1) is 19.7 Å². The van der Waals surface area contributed by atoms with E-state index in [-0.39, 0.29) is 18.0 Å². The summed E-state index contributed by atoms with van der Waals surface area (Å²) in [4.78, 5) is 12.7. The number of nitrogens with one attached hydrogen (secondary N) is 1. The molecule has 0 aliphatic rings. The van der Waals surface area contributed by atoms with Crippen molar-refractivity contribution < 1.29 is 17.6 Å². The van der Waals surface area contributed by atoms with Crippen molar-refractivity contribution in [3.63, 3.8) is 0 Å².